The van der Waals surface area contributed by atoms with E-state index in [0.717, 1.165) is 0 Å². The van der Waals surface area contributed by atoms with Crippen molar-refractivity contribution >= 4 is 60.8 Å². The molecule has 0 heterocycles. The predicted molar refractivity (Wildman–Crippen MR) is 80.2 cm³/mol. The van der Waals surface area contributed by atoms with E-state index >= 15 is 0 Å². The van der Waals surface area contributed by atoms with Gasteiger partial charge in [0.2, 0.25) is 0 Å². The van der Waals surface area contributed by atoms with Crippen LogP contribution in [0.1, 0.15) is 25.7 Å². The minimum absolute atomic E-state index is 0. The van der Waals surface area contributed by atoms with Gasteiger partial charge in [0.25, 0.3) is 0 Å². The number of hydrogen-bond acceptors (Lipinski definition) is 12. The molecule has 0 aromatic rings. The number of carboxylic acids is 2. The molecule has 2 aliphatic rings. The van der Waals surface area contributed by atoms with Gasteiger partial charge in [0.15, 0.2) is 0 Å². The van der Waals surface area contributed by atoms with Crippen molar-refractivity contribution in [3.63, 3.8) is 0 Å². The molecule has 0 bridgehead atoms. The second kappa shape index (κ2) is 10.3. The maximum Gasteiger partial charge on any atom is 2.00 e. The minimum Gasteiger partial charge on any atom is -0.547 e. The first-order chi connectivity index (χ1) is 11.7. The largest absolute Gasteiger partial charge is 2.00 e. The summed E-state index contributed by atoms with van der Waals surface area (Å²) in [6.07, 6.45) is -10.8. The first kappa shape index (κ1) is 27.2. The van der Waals surface area contributed by atoms with Crippen molar-refractivity contribution < 1.29 is 60.7 Å². The molecule has 152 valence electrons. The molecule has 0 unspecified atom stereocenters. The van der Waals surface area contributed by atoms with E-state index in [0.29, 0.717) is 0 Å². The van der Waals surface area contributed by atoms with Crippen LogP contribution in [0, 0.1) is 0 Å². The van der Waals surface area contributed by atoms with Gasteiger partial charge in [-0.15, -0.1) is 0 Å². The second-order valence-corrected chi connectivity index (χ2v) is 6.71. The molecule has 27 heavy (non-hydrogen) atoms. The first-order valence-corrected chi connectivity index (χ1v) is 7.69. The van der Waals surface area contributed by atoms with Crippen molar-refractivity contribution in [1.82, 2.24) is 0 Å². The predicted octanol–water partition coefficient (Wildman–Crippen LogP) is -7.69. The second-order valence-electron chi connectivity index (χ2n) is 6.71. The number of aliphatic carboxylic acids is 2. The third-order valence-electron chi connectivity index (χ3n) is 4.52. The first-order valence-electron chi connectivity index (χ1n) is 7.69. The number of carboxylic acid groups (broad SMARTS) is 2. The standard InChI is InChI=1S/2C7H12O6.Ba/c2*8-3-1-7(13,6(11)12)2-4(9)5(3)10;/h2*3-5,8-10,13H,1-2H2,(H,11,12);/q;;+2/p-2/t2*3-,4-,5?,7?;/m11./s1. The fourth-order valence-corrected chi connectivity index (χ4v) is 2.88. The Labute approximate surface area is 193 Å². The average Bonchev–Trinajstić information content (AvgIpc) is 2.50. The summed E-state index contributed by atoms with van der Waals surface area (Å²) in [6.45, 7) is 0. The molecule has 2 aliphatic carbocycles. The van der Waals surface area contributed by atoms with Crippen LogP contribution in [0.3, 0.4) is 0 Å². The Kier molecular flexibility index (Phi) is 10.4. The molecule has 0 saturated heterocycles. The topological polar surface area (TPSA) is 242 Å². The number of aliphatic hydroxyl groups is 8. The fourth-order valence-electron chi connectivity index (χ4n) is 2.88. The Morgan fingerprint density at radius 2 is 0.815 bits per heavy atom. The Balaban J connectivity index is 0.000000483. The van der Waals surface area contributed by atoms with E-state index in [9.17, 15) is 30.0 Å². The third-order valence-corrected chi connectivity index (χ3v) is 4.52. The van der Waals surface area contributed by atoms with E-state index < -0.39 is 85.4 Å². The van der Waals surface area contributed by atoms with Gasteiger partial charge >= 0.3 is 48.9 Å². The number of hydrogen-bond donors (Lipinski definition) is 8. The van der Waals surface area contributed by atoms with Crippen molar-refractivity contribution in [2.45, 2.75) is 73.5 Å². The quantitative estimate of drug-likeness (QED) is 0.159. The summed E-state index contributed by atoms with van der Waals surface area (Å²) < 4.78 is 0. The Bertz CT molecular complexity index is 458. The zero-order valence-corrected chi connectivity index (χ0v) is 18.7. The van der Waals surface area contributed by atoms with Crippen LogP contribution in [0.15, 0.2) is 0 Å². The summed E-state index contributed by atoms with van der Waals surface area (Å²) >= 11 is 0. The molecule has 0 spiro atoms. The van der Waals surface area contributed by atoms with Crippen molar-refractivity contribution in [1.29, 1.82) is 0 Å². The van der Waals surface area contributed by atoms with Crippen molar-refractivity contribution in [3.05, 3.63) is 0 Å². The zero-order chi connectivity index (χ0) is 20.4. The van der Waals surface area contributed by atoms with Gasteiger partial charge in [-0.3, -0.25) is 0 Å². The molecule has 2 saturated carbocycles. The van der Waals surface area contributed by atoms with E-state index in [2.05, 4.69) is 0 Å². The molecule has 4 atom stereocenters. The molecule has 2 rings (SSSR count). The van der Waals surface area contributed by atoms with Crippen molar-refractivity contribution in [3.8, 4) is 0 Å². The average molecular weight is 520 g/mol. The van der Waals surface area contributed by atoms with Crippen LogP contribution in [0.2, 0.25) is 0 Å². The Morgan fingerprint density at radius 3 is 0.963 bits per heavy atom. The molecule has 12 nitrogen and oxygen atoms in total. The Morgan fingerprint density at radius 1 is 0.630 bits per heavy atom. The van der Waals surface area contributed by atoms with Gasteiger partial charge in [0.1, 0.15) is 23.4 Å². The fraction of sp³-hybridized carbons (Fsp3) is 0.857. The van der Waals surface area contributed by atoms with E-state index in [1.165, 1.54) is 0 Å². The SMILES string of the molecule is O=C([O-])C1(O)C[C@@H](O)C(O)[C@H](O)C1.O=C([O-])C1(O)C[C@@H](O)C(O)[C@H](O)C1.[Ba+2]. The third kappa shape index (κ3) is 6.60. The van der Waals surface area contributed by atoms with Crippen LogP contribution in [0.25, 0.3) is 0 Å². The molecule has 0 amide bonds. The van der Waals surface area contributed by atoms with Crippen LogP contribution >= 0.6 is 0 Å². The van der Waals surface area contributed by atoms with Gasteiger partial charge in [-0.25, -0.2) is 0 Å². The van der Waals surface area contributed by atoms with Gasteiger partial charge in [-0.1, -0.05) is 0 Å². The van der Waals surface area contributed by atoms with E-state index in [1.54, 1.807) is 0 Å². The molecule has 0 aliphatic heterocycles. The van der Waals surface area contributed by atoms with Crippen LogP contribution in [-0.4, -0.2) is 149 Å². The molecule has 8 N–H and O–H groups in total. The minimum atomic E-state index is -2.25. The summed E-state index contributed by atoms with van der Waals surface area (Å²) in [5, 5.41) is 93.8. The van der Waals surface area contributed by atoms with Gasteiger partial charge in [0.05, 0.1) is 36.4 Å². The van der Waals surface area contributed by atoms with Gasteiger partial charge in [-0.2, -0.15) is 0 Å². The maximum absolute atomic E-state index is 10.4. The molecule has 0 aromatic heterocycles. The molecule has 0 aromatic carbocycles. The summed E-state index contributed by atoms with van der Waals surface area (Å²) in [4.78, 5) is 20.8. The molecule has 2 fully saturated rings. The van der Waals surface area contributed by atoms with Gasteiger partial charge < -0.3 is 60.7 Å². The molecule has 0 radical (unpaired) electrons. The normalized spacial score (nSPS) is 44.3. The maximum atomic E-state index is 10.4. The van der Waals surface area contributed by atoms with Crippen LogP contribution < -0.4 is 10.2 Å². The van der Waals surface area contributed by atoms with Crippen LogP contribution in [-0.2, 0) is 9.59 Å². The van der Waals surface area contributed by atoms with E-state index in [4.69, 9.17) is 30.6 Å². The zero-order valence-electron chi connectivity index (χ0n) is 14.2. The molecular formula is C14H22BaO12. The van der Waals surface area contributed by atoms with Gasteiger partial charge in [0, 0.05) is 25.7 Å². The smallest absolute Gasteiger partial charge is 0.547 e. The summed E-state index contributed by atoms with van der Waals surface area (Å²) in [7, 11) is 0. The van der Waals surface area contributed by atoms with Gasteiger partial charge in [-0.05, 0) is 0 Å². The molecule has 13 heteroatoms. The van der Waals surface area contributed by atoms with Crippen molar-refractivity contribution in [2.24, 2.45) is 0 Å². The van der Waals surface area contributed by atoms with Crippen molar-refractivity contribution in [2.75, 3.05) is 0 Å². The van der Waals surface area contributed by atoms with E-state index in [-0.39, 0.29) is 48.9 Å². The number of aliphatic hydroxyl groups excluding tert-OH is 6. The number of rotatable bonds is 2. The number of carbonyl (C=O) groups is 2. The summed E-state index contributed by atoms with van der Waals surface area (Å²) in [5.74, 6) is -3.50. The van der Waals surface area contributed by atoms with E-state index in [1.807, 2.05) is 0 Å². The Hall–Kier alpha value is 0.191. The molecular weight excluding hydrogens is 497 g/mol. The van der Waals surface area contributed by atoms with Crippen LogP contribution in [0.4, 0.5) is 0 Å². The van der Waals surface area contributed by atoms with Crippen LogP contribution in [0.5, 0.6) is 0 Å². The monoisotopic (exact) mass is 520 g/mol. The summed E-state index contributed by atoms with van der Waals surface area (Å²) in [6, 6.07) is 0. The number of carbonyl (C=O) groups excluding carboxylic acids is 2. The summed E-state index contributed by atoms with van der Waals surface area (Å²) in [5.41, 5.74) is -4.50.